The van der Waals surface area contributed by atoms with Gasteiger partial charge in [0, 0.05) is 12.0 Å². The van der Waals surface area contributed by atoms with Gasteiger partial charge in [-0.25, -0.2) is 4.98 Å². The van der Waals surface area contributed by atoms with Gasteiger partial charge in [-0.05, 0) is 41.5 Å². The van der Waals surface area contributed by atoms with Crippen LogP contribution in [-0.4, -0.2) is 77.2 Å². The zero-order valence-electron chi connectivity index (χ0n) is 19.6. The molecular formula is C18H29N5O9S2. The maximum absolute atomic E-state index is 13.1. The number of hydroxylamine groups is 2. The van der Waals surface area contributed by atoms with E-state index in [0.717, 1.165) is 11.3 Å². The van der Waals surface area contributed by atoms with Gasteiger partial charge in [-0.15, -0.1) is 15.6 Å². The van der Waals surface area contributed by atoms with Gasteiger partial charge >= 0.3 is 10.4 Å². The molecule has 1 unspecified atom stereocenters. The molecule has 1 aliphatic rings. The number of carbonyl (C=O) groups excluding carboxylic acids is 2. The van der Waals surface area contributed by atoms with E-state index >= 15 is 0 Å². The second-order valence-electron chi connectivity index (χ2n) is 8.32. The Balaban J connectivity index is 2.22. The summed E-state index contributed by atoms with van der Waals surface area (Å²) in [4.78, 5) is 35.1. The predicted molar refractivity (Wildman–Crippen MR) is 121 cm³/mol. The Morgan fingerprint density at radius 3 is 2.62 bits per heavy atom. The smallest absolute Gasteiger partial charge is 0.386 e. The van der Waals surface area contributed by atoms with Gasteiger partial charge in [0.15, 0.2) is 16.4 Å². The second-order valence-corrected chi connectivity index (χ2v) is 10.2. The highest BCUT2D eigenvalue weighted by Gasteiger charge is 2.58. The van der Waals surface area contributed by atoms with E-state index in [4.69, 9.17) is 24.6 Å². The van der Waals surface area contributed by atoms with E-state index < -0.39 is 45.5 Å². The highest BCUT2D eigenvalue weighted by molar-refractivity contribution is 7.80. The fraction of sp³-hybridized carbons (Fsp3) is 0.667. The van der Waals surface area contributed by atoms with Crippen LogP contribution in [0.2, 0.25) is 0 Å². The highest BCUT2D eigenvalue weighted by atomic mass is 32.3. The van der Waals surface area contributed by atoms with E-state index in [-0.39, 0.29) is 23.3 Å². The highest BCUT2D eigenvalue weighted by Crippen LogP contribution is 2.33. The number of β-lactam (4-membered cyclic amide) rings is 1. The number of ether oxygens (including phenoxy) is 2. The van der Waals surface area contributed by atoms with E-state index in [1.807, 2.05) is 6.92 Å². The van der Waals surface area contributed by atoms with E-state index in [0.29, 0.717) is 11.7 Å². The van der Waals surface area contributed by atoms with Crippen molar-refractivity contribution in [3.8, 4) is 0 Å². The summed E-state index contributed by atoms with van der Waals surface area (Å²) in [6.45, 7) is 10.3. The van der Waals surface area contributed by atoms with Gasteiger partial charge in [-0.2, -0.15) is 13.5 Å². The van der Waals surface area contributed by atoms with Gasteiger partial charge in [0.1, 0.15) is 18.5 Å². The third-order valence-corrected chi connectivity index (χ3v) is 6.07. The minimum atomic E-state index is -4.93. The van der Waals surface area contributed by atoms with Crippen molar-refractivity contribution in [3.63, 3.8) is 0 Å². The minimum absolute atomic E-state index is 0.0468. The molecule has 1 aromatic heterocycles. The van der Waals surface area contributed by atoms with Gasteiger partial charge < -0.3 is 25.4 Å². The maximum atomic E-state index is 13.1. The Hall–Kier alpha value is -2.37. The number of thiazole rings is 1. The number of aromatic nitrogens is 1. The zero-order valence-corrected chi connectivity index (χ0v) is 21.2. The lowest BCUT2D eigenvalue weighted by atomic mass is 9.84. The summed E-state index contributed by atoms with van der Waals surface area (Å²) in [5.74, 6) is -1.73. The third kappa shape index (κ3) is 6.61. The quantitative estimate of drug-likeness (QED) is 0.0861. The number of nitrogens with two attached hydrogens (primary N) is 1. The molecule has 1 saturated heterocycles. The monoisotopic (exact) mass is 523 g/mol. The molecule has 34 heavy (non-hydrogen) atoms. The zero-order chi connectivity index (χ0) is 25.9. The molecule has 1 aromatic rings. The van der Waals surface area contributed by atoms with Crippen LogP contribution < -0.4 is 11.1 Å². The van der Waals surface area contributed by atoms with Crippen molar-refractivity contribution in [3.05, 3.63) is 11.1 Å². The Bertz CT molecular complexity index is 1040. The number of nitrogen functional groups attached to an aromatic ring is 1. The molecule has 2 rings (SSSR count). The first-order chi connectivity index (χ1) is 15.6. The molecule has 14 nitrogen and oxygen atoms in total. The number of nitrogens with zero attached hydrogens (tertiary/aromatic N) is 3. The van der Waals surface area contributed by atoms with Crippen molar-refractivity contribution in [1.29, 1.82) is 0 Å². The van der Waals surface area contributed by atoms with Crippen molar-refractivity contribution in [1.82, 2.24) is 15.4 Å². The summed E-state index contributed by atoms with van der Waals surface area (Å²) in [6.07, 6.45) is -0.481. The van der Waals surface area contributed by atoms with Crippen LogP contribution in [0.15, 0.2) is 10.5 Å². The molecule has 2 heterocycles. The van der Waals surface area contributed by atoms with Crippen molar-refractivity contribution < 1.29 is 41.2 Å². The van der Waals surface area contributed by atoms with E-state index in [1.54, 1.807) is 20.8 Å². The standard InChI is InChI=1S/C18H29N5O9S2/c1-7-29-9-30-10(2)18(5,6)31-22-12(11-8-33-16(19)20-11)14(24)21-13-15(25)23(17(13,3)4)32-34(26,27)28/h8,10,13H,7,9H2,1-6H3,(H2,19,20)(H,21,24)(H,26,27,28)/b22-12-/t10?,13-/m1/s1. The lowest BCUT2D eigenvalue weighted by Crippen LogP contribution is -2.76. The summed E-state index contributed by atoms with van der Waals surface area (Å²) in [6, 6.07) is -1.19. The lowest BCUT2D eigenvalue weighted by Gasteiger charge is -2.50. The summed E-state index contributed by atoms with van der Waals surface area (Å²) < 4.78 is 45.8. The molecular weight excluding hydrogens is 494 g/mol. The van der Waals surface area contributed by atoms with Crippen LogP contribution in [0.5, 0.6) is 0 Å². The molecule has 2 atom stereocenters. The number of nitrogens with one attached hydrogen (secondary N) is 1. The number of anilines is 1. The van der Waals surface area contributed by atoms with Crippen LogP contribution in [0.3, 0.4) is 0 Å². The van der Waals surface area contributed by atoms with Gasteiger partial charge in [0.2, 0.25) is 0 Å². The molecule has 0 saturated carbocycles. The van der Waals surface area contributed by atoms with Crippen molar-refractivity contribution in [2.75, 3.05) is 19.1 Å². The van der Waals surface area contributed by atoms with Crippen LogP contribution in [0, 0.1) is 0 Å². The molecule has 0 aliphatic carbocycles. The van der Waals surface area contributed by atoms with Crippen molar-refractivity contribution >= 4 is 44.4 Å². The molecule has 16 heteroatoms. The predicted octanol–water partition coefficient (Wildman–Crippen LogP) is 0.464. The normalized spacial score (nSPS) is 19.5. The van der Waals surface area contributed by atoms with Gasteiger partial charge in [-0.3, -0.25) is 14.1 Å². The first kappa shape index (κ1) is 27.9. The summed E-state index contributed by atoms with van der Waals surface area (Å²) in [7, 11) is -4.93. The molecule has 4 N–H and O–H groups in total. The third-order valence-electron chi connectivity index (χ3n) is 5.06. The molecule has 0 radical (unpaired) electrons. The molecule has 1 aliphatic heterocycles. The summed E-state index contributed by atoms with van der Waals surface area (Å²) in [5.41, 5.74) is 3.22. The first-order valence-corrected chi connectivity index (χ1v) is 12.3. The van der Waals surface area contributed by atoms with Crippen molar-refractivity contribution in [2.45, 2.75) is 64.8 Å². The Kier molecular flexibility index (Phi) is 8.60. The molecule has 192 valence electrons. The number of hydrogen-bond donors (Lipinski definition) is 3. The average Bonchev–Trinajstić information content (AvgIpc) is 3.15. The van der Waals surface area contributed by atoms with Crippen LogP contribution in [0.25, 0.3) is 0 Å². The lowest BCUT2D eigenvalue weighted by molar-refractivity contribution is -0.218. The Morgan fingerprint density at radius 2 is 2.12 bits per heavy atom. The van der Waals surface area contributed by atoms with Gasteiger partial charge in [0.25, 0.3) is 11.8 Å². The number of oxime groups is 1. The van der Waals surface area contributed by atoms with E-state index in [2.05, 4.69) is 19.7 Å². The number of amides is 2. The van der Waals surface area contributed by atoms with Crippen molar-refractivity contribution in [2.24, 2.45) is 5.16 Å². The number of carbonyl (C=O) groups is 2. The number of hydrogen-bond acceptors (Lipinski definition) is 12. The number of rotatable bonds is 12. The van der Waals surface area contributed by atoms with E-state index in [9.17, 15) is 18.0 Å². The Morgan fingerprint density at radius 1 is 1.47 bits per heavy atom. The Labute approximate surface area is 201 Å². The average molecular weight is 524 g/mol. The summed E-state index contributed by atoms with van der Waals surface area (Å²) >= 11 is 1.07. The van der Waals surface area contributed by atoms with Crippen LogP contribution in [0.1, 0.15) is 47.2 Å². The van der Waals surface area contributed by atoms with Gasteiger partial charge in [-0.1, -0.05) is 5.16 Å². The van der Waals surface area contributed by atoms with E-state index in [1.165, 1.54) is 19.2 Å². The maximum Gasteiger partial charge on any atom is 0.418 e. The SMILES string of the molecule is CCOCOC(C)C(C)(C)O/N=C(\C(=O)N[C@@H]1C(=O)N(OS(=O)(=O)O)C1(C)C)c1csc(N)n1. The van der Waals surface area contributed by atoms with Gasteiger partial charge in [0.05, 0.1) is 11.6 Å². The summed E-state index contributed by atoms with van der Waals surface area (Å²) in [5, 5.41) is 8.54. The molecule has 1 fully saturated rings. The molecule has 0 bridgehead atoms. The largest absolute Gasteiger partial charge is 0.418 e. The van der Waals surface area contributed by atoms with Crippen LogP contribution >= 0.6 is 11.3 Å². The molecule has 0 spiro atoms. The fourth-order valence-corrected chi connectivity index (χ4v) is 3.69. The molecule has 0 aromatic carbocycles. The topological polar surface area (TPSA) is 192 Å². The molecule has 2 amide bonds. The fourth-order valence-electron chi connectivity index (χ4n) is 2.69. The van der Waals surface area contributed by atoms with Crippen LogP contribution in [0.4, 0.5) is 5.13 Å². The van der Waals surface area contributed by atoms with Crippen LogP contribution in [-0.2, 0) is 38.6 Å². The second kappa shape index (κ2) is 10.5. The minimum Gasteiger partial charge on any atom is -0.386 e. The first-order valence-electron chi connectivity index (χ1n) is 10.1.